The van der Waals surface area contributed by atoms with E-state index < -0.39 is 0 Å². The summed E-state index contributed by atoms with van der Waals surface area (Å²) in [6, 6.07) is 5.51. The first kappa shape index (κ1) is 14.5. The summed E-state index contributed by atoms with van der Waals surface area (Å²) < 4.78 is 10.0. The summed E-state index contributed by atoms with van der Waals surface area (Å²) in [4.78, 5) is 0. The average molecular weight is 335 g/mol. The summed E-state index contributed by atoms with van der Waals surface area (Å²) in [5.41, 5.74) is 0.890. The highest BCUT2D eigenvalue weighted by molar-refractivity contribution is 9.47. The zero-order valence-electron chi connectivity index (χ0n) is 8.22. The van der Waals surface area contributed by atoms with Gasteiger partial charge in [0.25, 0.3) is 0 Å². The van der Waals surface area contributed by atoms with Crippen LogP contribution in [0.4, 0.5) is 0 Å². The van der Waals surface area contributed by atoms with Gasteiger partial charge in [-0.15, -0.1) is 0 Å². The zero-order chi connectivity index (χ0) is 11.0. The van der Waals surface area contributed by atoms with Crippen LogP contribution >= 0.6 is 25.8 Å². The highest BCUT2D eigenvalue weighted by atomic mass is 79.9. The third-order valence-electron chi connectivity index (χ3n) is 1.41. The van der Waals surface area contributed by atoms with Crippen LogP contribution in [0.15, 0.2) is 18.2 Å². The molecule has 0 aliphatic rings. The molecular weight excluding hydrogens is 324 g/mol. The third-order valence-corrected chi connectivity index (χ3v) is 1.41. The maximum Gasteiger partial charge on any atom is 0.560 e. The van der Waals surface area contributed by atoms with E-state index in [0.29, 0.717) is 0 Å². The van der Waals surface area contributed by atoms with E-state index in [1.807, 2.05) is 18.2 Å². The smallest absolute Gasteiger partial charge is 0.497 e. The minimum atomic E-state index is 0.0417. The lowest BCUT2D eigenvalue weighted by Gasteiger charge is -2.04. The SMILES string of the molecule is [Br][Mg][Br].[CH2]c1cc(OC)cc(OC)c1. The van der Waals surface area contributed by atoms with Gasteiger partial charge in [-0.25, -0.2) is 0 Å². The third kappa shape index (κ3) is 6.11. The van der Waals surface area contributed by atoms with Crippen molar-refractivity contribution < 1.29 is 9.47 Å². The van der Waals surface area contributed by atoms with E-state index in [1.54, 1.807) is 14.2 Å². The number of methoxy groups -OCH3 is 2. The van der Waals surface area contributed by atoms with Crippen LogP contribution in [0.25, 0.3) is 0 Å². The van der Waals surface area contributed by atoms with Gasteiger partial charge in [0, 0.05) is 6.07 Å². The first-order valence-electron chi connectivity index (χ1n) is 3.84. The van der Waals surface area contributed by atoms with Crippen LogP contribution in [-0.2, 0) is 0 Å². The minimum Gasteiger partial charge on any atom is -0.497 e. The molecule has 2 nitrogen and oxygen atoms in total. The summed E-state index contributed by atoms with van der Waals surface area (Å²) in [5, 5.41) is 0. The quantitative estimate of drug-likeness (QED) is 0.773. The van der Waals surface area contributed by atoms with Crippen LogP contribution in [-0.4, -0.2) is 30.2 Å². The fourth-order valence-corrected chi connectivity index (χ4v) is 0.866. The van der Waals surface area contributed by atoms with Gasteiger partial charge < -0.3 is 9.47 Å². The lowest BCUT2D eigenvalue weighted by molar-refractivity contribution is 0.394. The summed E-state index contributed by atoms with van der Waals surface area (Å²) in [5.74, 6) is 1.55. The van der Waals surface area contributed by atoms with Gasteiger partial charge in [-0.2, -0.15) is 0 Å². The molecule has 14 heavy (non-hydrogen) atoms. The van der Waals surface area contributed by atoms with Gasteiger partial charge in [0.05, 0.1) is 14.2 Å². The van der Waals surface area contributed by atoms with Crippen LogP contribution in [0.5, 0.6) is 11.5 Å². The maximum absolute atomic E-state index is 5.02. The van der Waals surface area contributed by atoms with Gasteiger partial charge in [-0.3, -0.25) is 25.8 Å². The van der Waals surface area contributed by atoms with Gasteiger partial charge >= 0.3 is 16.0 Å². The Morgan fingerprint density at radius 1 is 1.07 bits per heavy atom. The molecule has 0 aliphatic carbocycles. The van der Waals surface area contributed by atoms with E-state index >= 15 is 0 Å². The molecule has 0 atom stereocenters. The molecular formula is C9H11Br2MgO2. The zero-order valence-corrected chi connectivity index (χ0v) is 12.8. The van der Waals surface area contributed by atoms with E-state index in [9.17, 15) is 0 Å². The average Bonchev–Trinajstić information content (AvgIpc) is 2.18. The number of hydrogen-bond acceptors (Lipinski definition) is 2. The predicted molar refractivity (Wildman–Crippen MR) is 67.6 cm³/mol. The molecule has 0 heterocycles. The van der Waals surface area contributed by atoms with E-state index in [4.69, 9.17) is 9.47 Å². The molecule has 0 bridgehead atoms. The van der Waals surface area contributed by atoms with E-state index in [-0.39, 0.29) is 16.0 Å². The van der Waals surface area contributed by atoms with Gasteiger partial charge in [-0.1, -0.05) is 0 Å². The Balaban J connectivity index is 0.000000500. The lowest BCUT2D eigenvalue weighted by atomic mass is 10.2. The van der Waals surface area contributed by atoms with Gasteiger partial charge in [0.2, 0.25) is 0 Å². The Kier molecular flexibility index (Phi) is 9.17. The van der Waals surface area contributed by atoms with Crippen LogP contribution < -0.4 is 9.47 Å². The Bertz CT molecular complexity index is 247. The van der Waals surface area contributed by atoms with Crippen LogP contribution in [0.2, 0.25) is 0 Å². The van der Waals surface area contributed by atoms with Crippen molar-refractivity contribution in [3.05, 3.63) is 30.7 Å². The standard InChI is InChI=1S/C9H11O2.2BrH.Mg/c1-7-4-8(10-2)6-9(5-7)11-3;;;/h4-6H,1H2,2-3H3;2*1H;/q;;;+2/p-2. The molecule has 0 N–H and O–H groups in total. The molecule has 0 saturated carbocycles. The summed E-state index contributed by atoms with van der Waals surface area (Å²) in [6.07, 6.45) is 0. The molecule has 75 valence electrons. The molecule has 1 rings (SSSR count). The second kappa shape index (κ2) is 8.82. The van der Waals surface area contributed by atoms with Crippen LogP contribution in [0, 0.1) is 6.92 Å². The van der Waals surface area contributed by atoms with Crippen molar-refractivity contribution in [2.24, 2.45) is 0 Å². The van der Waals surface area contributed by atoms with Crippen molar-refractivity contribution in [1.29, 1.82) is 0 Å². The van der Waals surface area contributed by atoms with Gasteiger partial charge in [0.15, 0.2) is 0 Å². The number of rotatable bonds is 2. The molecule has 1 aromatic carbocycles. The molecule has 0 aliphatic heterocycles. The van der Waals surface area contributed by atoms with E-state index in [2.05, 4.69) is 32.7 Å². The van der Waals surface area contributed by atoms with Crippen LogP contribution in [0.3, 0.4) is 0 Å². The molecule has 0 saturated heterocycles. The highest BCUT2D eigenvalue weighted by Crippen LogP contribution is 2.21. The maximum atomic E-state index is 5.02. The molecule has 5 heteroatoms. The van der Waals surface area contributed by atoms with Crippen LogP contribution in [0.1, 0.15) is 5.56 Å². The van der Waals surface area contributed by atoms with Crippen molar-refractivity contribution in [3.63, 3.8) is 0 Å². The monoisotopic (exact) mass is 333 g/mol. The molecule has 0 fully saturated rings. The summed E-state index contributed by atoms with van der Waals surface area (Å²) in [6.45, 7) is 3.78. The summed E-state index contributed by atoms with van der Waals surface area (Å²) in [7, 11) is 3.24. The number of halogens is 2. The summed E-state index contributed by atoms with van der Waals surface area (Å²) >= 11 is 6.44. The number of benzene rings is 1. The first-order valence-corrected chi connectivity index (χ1v) is 11.6. The Morgan fingerprint density at radius 3 is 1.71 bits per heavy atom. The Morgan fingerprint density at radius 2 is 1.43 bits per heavy atom. The minimum absolute atomic E-state index is 0.0417. The molecule has 0 spiro atoms. The van der Waals surface area contributed by atoms with Crippen molar-refractivity contribution in [2.75, 3.05) is 14.2 Å². The number of hydrogen-bond donors (Lipinski definition) is 0. The lowest BCUT2D eigenvalue weighted by Crippen LogP contribution is -1.87. The highest BCUT2D eigenvalue weighted by Gasteiger charge is 1.96. The van der Waals surface area contributed by atoms with Gasteiger partial charge in [-0.05, 0) is 24.6 Å². The molecule has 1 radical (unpaired) electrons. The van der Waals surface area contributed by atoms with Crippen molar-refractivity contribution in [1.82, 2.24) is 0 Å². The van der Waals surface area contributed by atoms with E-state index in [0.717, 1.165) is 17.1 Å². The first-order chi connectivity index (χ1) is 6.67. The van der Waals surface area contributed by atoms with Gasteiger partial charge in [0.1, 0.15) is 11.5 Å². The fraction of sp³-hybridized carbons (Fsp3) is 0.222. The molecule has 0 amide bonds. The number of ether oxygens (including phenoxy) is 2. The largest absolute Gasteiger partial charge is 0.560 e. The second-order valence-electron chi connectivity index (χ2n) is 2.32. The fourth-order valence-electron chi connectivity index (χ4n) is 0.866. The Labute approximate surface area is 107 Å². The second-order valence-corrected chi connectivity index (χ2v) is 10.4. The molecule has 0 unspecified atom stereocenters. The van der Waals surface area contributed by atoms with Crippen molar-refractivity contribution in [3.8, 4) is 11.5 Å². The normalized spacial score (nSPS) is 8.07. The van der Waals surface area contributed by atoms with E-state index in [1.165, 1.54) is 0 Å². The predicted octanol–water partition coefficient (Wildman–Crippen LogP) is 3.20. The molecule has 1 aromatic rings. The van der Waals surface area contributed by atoms with Crippen molar-refractivity contribution in [2.45, 2.75) is 0 Å². The topological polar surface area (TPSA) is 18.5 Å². The molecule has 0 aromatic heterocycles. The Hall–Kier alpha value is 0.546. The van der Waals surface area contributed by atoms with Crippen molar-refractivity contribution >= 4 is 41.8 Å².